The summed E-state index contributed by atoms with van der Waals surface area (Å²) >= 11 is 0. The van der Waals surface area contributed by atoms with Gasteiger partial charge in [-0.05, 0) is 57.8 Å². The van der Waals surface area contributed by atoms with Crippen LogP contribution in [0.25, 0.3) is 0 Å². The molecule has 81 heavy (non-hydrogen) atoms. The average molecular weight is 1160 g/mol. The Hall–Kier alpha value is -1.80. The lowest BCUT2D eigenvalue weighted by Gasteiger charge is -2.29. The molecule has 3 atom stereocenters. The maximum atomic E-state index is 13.0. The molecule has 0 aromatic carbocycles. The maximum Gasteiger partial charge on any atom is 0.268 e. The number of quaternary nitrogens is 1. The summed E-state index contributed by atoms with van der Waals surface area (Å²) in [7, 11) is 1.27. The highest BCUT2D eigenvalue weighted by Gasteiger charge is 2.23. The smallest absolute Gasteiger partial charge is 0.268 e. The van der Waals surface area contributed by atoms with E-state index in [0.29, 0.717) is 17.4 Å². The second-order valence-corrected chi connectivity index (χ2v) is 26.6. The lowest BCUT2D eigenvalue weighted by Crippen LogP contribution is -2.45. The summed E-state index contributed by atoms with van der Waals surface area (Å²) in [5.41, 5.74) is 0. The molecular weight excluding hydrogens is 1020 g/mol. The summed E-state index contributed by atoms with van der Waals surface area (Å²) in [5.74, 6) is -0.195. The van der Waals surface area contributed by atoms with E-state index in [2.05, 4.69) is 67.8 Å². The van der Waals surface area contributed by atoms with Crippen LogP contribution in [0.4, 0.5) is 0 Å². The van der Waals surface area contributed by atoms with Crippen molar-refractivity contribution in [1.29, 1.82) is 0 Å². The third-order valence-corrected chi connectivity index (χ3v) is 16.9. The number of unbranched alkanes of at least 4 members (excludes halogenated alkanes) is 44. The van der Waals surface area contributed by atoms with Gasteiger partial charge in [0, 0.05) is 6.42 Å². The zero-order valence-corrected chi connectivity index (χ0v) is 55.4. The molecule has 476 valence electrons. The lowest BCUT2D eigenvalue weighted by atomic mass is 10.0. The van der Waals surface area contributed by atoms with Crippen molar-refractivity contribution in [3.8, 4) is 0 Å². The molecule has 0 rings (SSSR count). The summed E-state index contributed by atoms with van der Waals surface area (Å²) in [6, 6.07) is -0.891. The van der Waals surface area contributed by atoms with E-state index >= 15 is 0 Å². The second-order valence-electron chi connectivity index (χ2n) is 25.2. The number of phosphoric ester groups is 1. The van der Waals surface area contributed by atoms with Crippen molar-refractivity contribution in [3.63, 3.8) is 0 Å². The molecule has 0 heterocycles. The zero-order valence-electron chi connectivity index (χ0n) is 54.5. The Bertz CT molecular complexity index is 1500. The first kappa shape index (κ1) is 79.2. The van der Waals surface area contributed by atoms with E-state index in [1.54, 1.807) is 6.08 Å². The minimum absolute atomic E-state index is 0.00155. The summed E-state index contributed by atoms with van der Waals surface area (Å²) in [6.07, 6.45) is 86.3. The number of rotatable bonds is 65. The number of amides is 1. The van der Waals surface area contributed by atoms with Crippen molar-refractivity contribution >= 4 is 13.7 Å². The molecule has 0 saturated carbocycles. The fourth-order valence-corrected chi connectivity index (χ4v) is 11.3. The largest absolute Gasteiger partial charge is 0.756 e. The molecule has 3 unspecified atom stereocenters. The predicted molar refractivity (Wildman–Crippen MR) is 353 cm³/mol. The number of nitrogens with zero attached hydrogens (tertiary/aromatic N) is 1. The maximum absolute atomic E-state index is 13.0. The van der Waals surface area contributed by atoms with Crippen LogP contribution in [0.2, 0.25) is 0 Å². The molecule has 2 N–H and O–H groups in total. The van der Waals surface area contributed by atoms with Gasteiger partial charge in [0.1, 0.15) is 13.2 Å². The van der Waals surface area contributed by atoms with E-state index < -0.39 is 20.0 Å². The summed E-state index contributed by atoms with van der Waals surface area (Å²) in [5, 5.41) is 14.0. The lowest BCUT2D eigenvalue weighted by molar-refractivity contribution is -0.870. The van der Waals surface area contributed by atoms with Crippen molar-refractivity contribution in [2.45, 2.75) is 353 Å². The van der Waals surface area contributed by atoms with Gasteiger partial charge >= 0.3 is 0 Å². The number of aliphatic hydroxyl groups excluding tert-OH is 1. The van der Waals surface area contributed by atoms with Crippen LogP contribution < -0.4 is 10.2 Å². The van der Waals surface area contributed by atoms with Gasteiger partial charge in [-0.1, -0.05) is 338 Å². The highest BCUT2D eigenvalue weighted by Crippen LogP contribution is 2.38. The van der Waals surface area contributed by atoms with Crippen LogP contribution in [0.1, 0.15) is 341 Å². The second kappa shape index (κ2) is 62.7. The van der Waals surface area contributed by atoms with Crippen molar-refractivity contribution in [3.05, 3.63) is 60.8 Å². The van der Waals surface area contributed by atoms with Gasteiger partial charge < -0.3 is 28.8 Å². The number of nitrogens with one attached hydrogen (secondary N) is 1. The fraction of sp³-hybridized carbons (Fsp3) is 0.847. The van der Waals surface area contributed by atoms with E-state index in [9.17, 15) is 19.4 Å². The molecule has 0 aliphatic carbocycles. The molecule has 0 radical (unpaired) electrons. The quantitative estimate of drug-likeness (QED) is 0.0272. The van der Waals surface area contributed by atoms with Crippen molar-refractivity contribution in [2.75, 3.05) is 40.9 Å². The van der Waals surface area contributed by atoms with Crippen LogP contribution in [0.15, 0.2) is 60.8 Å². The van der Waals surface area contributed by atoms with Crippen LogP contribution in [0.5, 0.6) is 0 Å². The number of likely N-dealkylation sites (N-methyl/N-ethyl adjacent to an activating group) is 1. The van der Waals surface area contributed by atoms with Gasteiger partial charge in [0.2, 0.25) is 5.91 Å². The fourth-order valence-electron chi connectivity index (χ4n) is 10.6. The summed E-state index contributed by atoms with van der Waals surface area (Å²) in [6.45, 7) is 4.58. The van der Waals surface area contributed by atoms with Gasteiger partial charge in [-0.3, -0.25) is 9.36 Å². The minimum Gasteiger partial charge on any atom is -0.756 e. The van der Waals surface area contributed by atoms with Crippen LogP contribution in [0, 0.1) is 0 Å². The highest BCUT2D eigenvalue weighted by molar-refractivity contribution is 7.45. The van der Waals surface area contributed by atoms with Crippen LogP contribution in [-0.4, -0.2) is 68.5 Å². The van der Waals surface area contributed by atoms with Crippen LogP contribution >= 0.6 is 7.82 Å². The van der Waals surface area contributed by atoms with E-state index in [1.165, 1.54) is 257 Å². The molecule has 0 aromatic heterocycles. The standard InChI is InChI=1S/C72H137N2O6P/c1-6-8-10-12-14-16-18-20-22-24-26-28-30-32-34-35-36-37-38-40-41-43-45-47-49-51-53-55-57-59-61-63-65-71(75)70(69-80-81(77,78)79-68-67-74(3,4)5)73-72(76)66-64-62-60-58-56-54-52-50-48-46-44-42-39-33-31-29-27-25-23-21-19-17-15-13-11-9-7-2/h9,11,15,17,21,23,27,29,63,65,70-71,75H,6-8,10,12-14,16,18-20,22,24-26,28,30-62,64,66-69H2,1-5H3,(H-,73,76,77,78)/b11-9-,17-15-,23-21-,29-27-,65-63+. The van der Waals surface area contributed by atoms with E-state index in [1.807, 2.05) is 27.2 Å². The molecule has 0 saturated heterocycles. The Kier molecular flexibility index (Phi) is 61.3. The molecule has 0 fully saturated rings. The van der Waals surface area contributed by atoms with Gasteiger partial charge in [0.15, 0.2) is 0 Å². The molecule has 0 aliphatic heterocycles. The number of carbonyl (C=O) groups is 1. The molecule has 0 bridgehead atoms. The number of allylic oxidation sites excluding steroid dienone is 9. The summed E-state index contributed by atoms with van der Waals surface area (Å²) < 4.78 is 23.5. The zero-order chi connectivity index (χ0) is 59.1. The number of hydrogen-bond acceptors (Lipinski definition) is 6. The van der Waals surface area contributed by atoms with Crippen molar-refractivity contribution < 1.29 is 32.9 Å². The molecule has 8 nitrogen and oxygen atoms in total. The average Bonchev–Trinajstić information content (AvgIpc) is 3.43. The van der Waals surface area contributed by atoms with Crippen LogP contribution in [-0.2, 0) is 18.4 Å². The number of carbonyl (C=O) groups excluding carboxylic acids is 1. The molecule has 0 aromatic rings. The highest BCUT2D eigenvalue weighted by atomic mass is 31.2. The Morgan fingerprint density at radius 2 is 0.753 bits per heavy atom. The Labute approximate surface area is 504 Å². The number of aliphatic hydroxyl groups is 1. The third-order valence-electron chi connectivity index (χ3n) is 16.0. The number of hydrogen-bond donors (Lipinski definition) is 2. The predicted octanol–water partition coefficient (Wildman–Crippen LogP) is 21.8. The van der Waals surface area contributed by atoms with Gasteiger partial charge in [0.05, 0.1) is 39.9 Å². The van der Waals surface area contributed by atoms with Crippen molar-refractivity contribution in [2.24, 2.45) is 0 Å². The molecular formula is C72H137N2O6P. The van der Waals surface area contributed by atoms with E-state index in [4.69, 9.17) is 9.05 Å². The first-order valence-electron chi connectivity index (χ1n) is 35.2. The molecule has 0 spiro atoms. The van der Waals surface area contributed by atoms with Gasteiger partial charge in [-0.2, -0.15) is 0 Å². The van der Waals surface area contributed by atoms with Crippen LogP contribution in [0.3, 0.4) is 0 Å². The Balaban J connectivity index is 4.05. The number of phosphoric acid groups is 1. The Morgan fingerprint density at radius 3 is 1.10 bits per heavy atom. The first-order chi connectivity index (χ1) is 39.5. The normalized spacial score (nSPS) is 14.0. The van der Waals surface area contributed by atoms with Gasteiger partial charge in [-0.15, -0.1) is 0 Å². The van der Waals surface area contributed by atoms with Gasteiger partial charge in [-0.25, -0.2) is 0 Å². The molecule has 9 heteroatoms. The minimum atomic E-state index is -4.61. The SMILES string of the molecule is CC/C=C\C/C=C\C/C=C\C/C=C\CCCCCCCCCCCCCCCCC(=O)NC(COP(=O)([O-])OCC[N+](C)(C)C)C(O)/C=C/CCCCCCCCCCCCCCCCCCCCCCCCCCCCCCCC. The van der Waals surface area contributed by atoms with Gasteiger partial charge in [0.25, 0.3) is 7.82 Å². The monoisotopic (exact) mass is 1160 g/mol. The Morgan fingerprint density at radius 1 is 0.444 bits per heavy atom. The molecule has 0 aliphatic rings. The van der Waals surface area contributed by atoms with E-state index in [-0.39, 0.29) is 19.1 Å². The van der Waals surface area contributed by atoms with E-state index in [0.717, 1.165) is 64.2 Å². The van der Waals surface area contributed by atoms with Crippen molar-refractivity contribution in [1.82, 2.24) is 5.32 Å². The third kappa shape index (κ3) is 65.6. The topological polar surface area (TPSA) is 108 Å². The molecule has 1 amide bonds. The first-order valence-corrected chi connectivity index (χ1v) is 36.6. The summed E-state index contributed by atoms with van der Waals surface area (Å²) in [4.78, 5) is 25.6.